The number of carboxylic acid groups (broad SMARTS) is 1. The number of rotatable bonds is 4. The standard InChI is InChI=1S/C16H25NO4/c1-9-6-11-7-16(8-17(20)21,12(11)10(9)2)13(14(18)19)15(3,4)5/h11-13H,6-8H2,1-5H3,(H,18,19)/t11-,12-,13?,16+/m0/s1. The summed E-state index contributed by atoms with van der Waals surface area (Å²) >= 11 is 0. The molecule has 0 saturated heterocycles. The van der Waals surface area contributed by atoms with Crippen LogP contribution < -0.4 is 0 Å². The topological polar surface area (TPSA) is 80.4 Å². The number of nitro groups is 1. The molecule has 0 aromatic rings. The number of carbonyl (C=O) groups is 1. The van der Waals surface area contributed by atoms with E-state index in [2.05, 4.69) is 6.92 Å². The van der Waals surface area contributed by atoms with E-state index in [1.165, 1.54) is 11.1 Å². The van der Waals surface area contributed by atoms with Crippen molar-refractivity contribution in [1.82, 2.24) is 0 Å². The normalized spacial score (nSPS) is 33.4. The molecule has 5 nitrogen and oxygen atoms in total. The van der Waals surface area contributed by atoms with E-state index < -0.39 is 22.7 Å². The van der Waals surface area contributed by atoms with Crippen LogP contribution in [0.25, 0.3) is 0 Å². The van der Waals surface area contributed by atoms with E-state index in [9.17, 15) is 20.0 Å². The molecule has 0 heterocycles. The summed E-state index contributed by atoms with van der Waals surface area (Å²) in [5.74, 6) is -1.14. The Kier molecular flexibility index (Phi) is 3.67. The predicted octanol–water partition coefficient (Wildman–Crippen LogP) is 3.37. The zero-order chi connectivity index (χ0) is 16.2. The van der Waals surface area contributed by atoms with Crippen LogP contribution in [0.15, 0.2) is 11.1 Å². The average molecular weight is 295 g/mol. The second-order valence-electron chi connectivity index (χ2n) is 7.97. The average Bonchev–Trinajstić information content (AvgIpc) is 2.45. The van der Waals surface area contributed by atoms with Crippen LogP contribution in [0.3, 0.4) is 0 Å². The van der Waals surface area contributed by atoms with Crippen molar-refractivity contribution in [3.05, 3.63) is 21.3 Å². The molecule has 4 atom stereocenters. The fraction of sp³-hybridized carbons (Fsp3) is 0.812. The monoisotopic (exact) mass is 295 g/mol. The first kappa shape index (κ1) is 16.0. The van der Waals surface area contributed by atoms with E-state index in [1.807, 2.05) is 27.7 Å². The molecule has 0 aliphatic heterocycles. The van der Waals surface area contributed by atoms with E-state index in [4.69, 9.17) is 0 Å². The number of aliphatic carboxylic acids is 1. The van der Waals surface area contributed by atoms with Gasteiger partial charge < -0.3 is 5.11 Å². The van der Waals surface area contributed by atoms with Gasteiger partial charge in [-0.1, -0.05) is 31.9 Å². The van der Waals surface area contributed by atoms with E-state index in [1.54, 1.807) is 0 Å². The van der Waals surface area contributed by atoms with Crippen molar-refractivity contribution in [1.29, 1.82) is 0 Å². The fourth-order valence-electron chi connectivity index (χ4n) is 5.11. The lowest BCUT2D eigenvalue weighted by Crippen LogP contribution is -2.60. The van der Waals surface area contributed by atoms with E-state index >= 15 is 0 Å². The third-order valence-electron chi connectivity index (χ3n) is 5.55. The van der Waals surface area contributed by atoms with Crippen molar-refractivity contribution in [2.24, 2.45) is 28.6 Å². The van der Waals surface area contributed by atoms with Crippen molar-refractivity contribution in [2.75, 3.05) is 6.54 Å². The number of hydrogen-bond donors (Lipinski definition) is 1. The Labute approximate surface area is 125 Å². The van der Waals surface area contributed by atoms with Gasteiger partial charge in [-0.25, -0.2) is 0 Å². The van der Waals surface area contributed by atoms with Gasteiger partial charge in [-0.05, 0) is 43.9 Å². The van der Waals surface area contributed by atoms with Crippen molar-refractivity contribution in [3.63, 3.8) is 0 Å². The van der Waals surface area contributed by atoms with Gasteiger partial charge >= 0.3 is 5.97 Å². The molecule has 0 aromatic heterocycles. The maximum atomic E-state index is 11.9. The number of hydrogen-bond acceptors (Lipinski definition) is 3. The van der Waals surface area contributed by atoms with Gasteiger partial charge in [-0.15, -0.1) is 0 Å². The molecular weight excluding hydrogens is 270 g/mol. The second kappa shape index (κ2) is 4.82. The van der Waals surface area contributed by atoms with Crippen molar-refractivity contribution in [2.45, 2.75) is 47.5 Å². The summed E-state index contributed by atoms with van der Waals surface area (Å²) in [6.45, 7) is 9.48. The SMILES string of the molecule is CC1=C(C)[C@H]2[C@@H](C1)C[C@]2(C[N+](=O)[O-])C(C(=O)O)C(C)(C)C. The largest absolute Gasteiger partial charge is 0.481 e. The molecule has 21 heavy (non-hydrogen) atoms. The Morgan fingerprint density at radius 1 is 1.48 bits per heavy atom. The Hall–Kier alpha value is -1.39. The molecule has 1 unspecified atom stereocenters. The first-order valence-corrected chi connectivity index (χ1v) is 7.51. The van der Waals surface area contributed by atoms with Crippen LogP contribution in [0.2, 0.25) is 0 Å². The zero-order valence-corrected chi connectivity index (χ0v) is 13.5. The highest BCUT2D eigenvalue weighted by molar-refractivity contribution is 5.73. The number of nitrogens with zero attached hydrogens (tertiary/aromatic N) is 1. The van der Waals surface area contributed by atoms with Crippen LogP contribution in [0.5, 0.6) is 0 Å². The summed E-state index contributed by atoms with van der Waals surface area (Å²) < 4.78 is 0. The highest BCUT2D eigenvalue weighted by atomic mass is 16.6. The highest BCUT2D eigenvalue weighted by Gasteiger charge is 2.66. The first-order chi connectivity index (χ1) is 9.50. The molecule has 0 bridgehead atoms. The van der Waals surface area contributed by atoms with Gasteiger partial charge in [-0.3, -0.25) is 14.9 Å². The predicted molar refractivity (Wildman–Crippen MR) is 79.5 cm³/mol. The van der Waals surface area contributed by atoms with Crippen LogP contribution in [0.1, 0.15) is 47.5 Å². The molecule has 1 fully saturated rings. The minimum atomic E-state index is -0.903. The van der Waals surface area contributed by atoms with Gasteiger partial charge in [-0.2, -0.15) is 0 Å². The molecule has 1 saturated carbocycles. The lowest BCUT2D eigenvalue weighted by Gasteiger charge is -2.56. The third kappa shape index (κ3) is 2.36. The van der Waals surface area contributed by atoms with Crippen molar-refractivity contribution in [3.8, 4) is 0 Å². The molecule has 118 valence electrons. The van der Waals surface area contributed by atoms with Gasteiger partial charge in [0.05, 0.1) is 11.3 Å². The maximum Gasteiger partial charge on any atom is 0.307 e. The van der Waals surface area contributed by atoms with Crippen LogP contribution in [0, 0.1) is 38.7 Å². The van der Waals surface area contributed by atoms with E-state index in [0.29, 0.717) is 12.3 Å². The van der Waals surface area contributed by atoms with Crippen LogP contribution in [-0.4, -0.2) is 22.5 Å². The van der Waals surface area contributed by atoms with E-state index in [-0.39, 0.29) is 17.4 Å². The van der Waals surface area contributed by atoms with Crippen molar-refractivity contribution < 1.29 is 14.8 Å². The van der Waals surface area contributed by atoms with Crippen LogP contribution >= 0.6 is 0 Å². The Balaban J connectivity index is 2.49. The second-order valence-corrected chi connectivity index (χ2v) is 7.97. The summed E-state index contributed by atoms with van der Waals surface area (Å²) in [5, 5.41) is 21.0. The molecule has 0 amide bonds. The lowest BCUT2D eigenvalue weighted by molar-refractivity contribution is -0.510. The molecule has 2 aliphatic carbocycles. The maximum absolute atomic E-state index is 11.9. The number of carboxylic acids is 1. The minimum absolute atomic E-state index is 0.0585. The van der Waals surface area contributed by atoms with Gasteiger partial charge in [0.25, 0.3) is 0 Å². The Morgan fingerprint density at radius 3 is 2.43 bits per heavy atom. The number of allylic oxidation sites excluding steroid dienone is 2. The Morgan fingerprint density at radius 2 is 2.05 bits per heavy atom. The molecule has 1 N–H and O–H groups in total. The molecule has 0 radical (unpaired) electrons. The lowest BCUT2D eigenvalue weighted by atomic mass is 9.45. The molecule has 0 spiro atoms. The molecular formula is C16H25NO4. The first-order valence-electron chi connectivity index (χ1n) is 7.51. The minimum Gasteiger partial charge on any atom is -0.481 e. The van der Waals surface area contributed by atoms with Gasteiger partial charge in [0.2, 0.25) is 6.54 Å². The Bertz CT molecular complexity index is 517. The molecule has 0 aromatic carbocycles. The quantitative estimate of drug-likeness (QED) is 0.490. The summed E-state index contributed by atoms with van der Waals surface area (Å²) in [4.78, 5) is 22.8. The fourth-order valence-corrected chi connectivity index (χ4v) is 5.11. The summed E-state index contributed by atoms with van der Waals surface area (Å²) in [7, 11) is 0. The summed E-state index contributed by atoms with van der Waals surface area (Å²) in [6, 6.07) is 0. The third-order valence-corrected chi connectivity index (χ3v) is 5.55. The van der Waals surface area contributed by atoms with Crippen LogP contribution in [-0.2, 0) is 4.79 Å². The molecule has 2 aliphatic rings. The van der Waals surface area contributed by atoms with Gasteiger partial charge in [0.1, 0.15) is 0 Å². The zero-order valence-electron chi connectivity index (χ0n) is 13.5. The molecule has 2 rings (SSSR count). The van der Waals surface area contributed by atoms with Gasteiger partial charge in [0, 0.05) is 4.92 Å². The number of fused-ring (bicyclic) bond motifs is 1. The van der Waals surface area contributed by atoms with E-state index in [0.717, 1.165) is 6.42 Å². The van der Waals surface area contributed by atoms with Gasteiger partial charge in [0.15, 0.2) is 0 Å². The summed E-state index contributed by atoms with van der Waals surface area (Å²) in [5.41, 5.74) is 1.24. The highest BCUT2D eigenvalue weighted by Crippen LogP contribution is 2.66. The summed E-state index contributed by atoms with van der Waals surface area (Å²) in [6.07, 6.45) is 1.62. The smallest absolute Gasteiger partial charge is 0.307 e. The van der Waals surface area contributed by atoms with Crippen LogP contribution in [0.4, 0.5) is 0 Å². The van der Waals surface area contributed by atoms with Crippen molar-refractivity contribution >= 4 is 5.97 Å². The molecule has 5 heteroatoms.